The molecule has 0 aliphatic heterocycles. The minimum absolute atomic E-state index is 0.0811. The predicted molar refractivity (Wildman–Crippen MR) is 76.7 cm³/mol. The highest BCUT2D eigenvalue weighted by atomic mass is 35.5. The lowest BCUT2D eigenvalue weighted by molar-refractivity contribution is -0.138. The van der Waals surface area contributed by atoms with Crippen LogP contribution in [0.2, 0.25) is 0 Å². The fraction of sp³-hybridized carbons (Fsp3) is 0.250. The van der Waals surface area contributed by atoms with E-state index in [1.807, 2.05) is 0 Å². The number of ether oxygens (including phenoxy) is 1. The van der Waals surface area contributed by atoms with Crippen LogP contribution in [0.5, 0.6) is 5.75 Å². The van der Waals surface area contributed by atoms with Crippen molar-refractivity contribution in [2.75, 3.05) is 7.11 Å². The average molecular weight is 315 g/mol. The molecule has 2 rings (SSSR count). The number of hydrogen-bond acceptors (Lipinski definition) is 1. The Bertz CT molecular complexity index is 610. The van der Waals surface area contributed by atoms with Gasteiger partial charge in [-0.1, -0.05) is 36.4 Å². The van der Waals surface area contributed by atoms with Crippen LogP contribution in [0.3, 0.4) is 0 Å². The molecule has 1 atom stereocenters. The molecule has 0 radical (unpaired) electrons. The van der Waals surface area contributed by atoms with Crippen LogP contribution in [0, 0.1) is 0 Å². The van der Waals surface area contributed by atoms with Gasteiger partial charge in [0, 0.05) is 0 Å². The molecule has 1 nitrogen and oxygen atoms in total. The molecule has 0 N–H and O–H groups in total. The van der Waals surface area contributed by atoms with Crippen LogP contribution in [-0.4, -0.2) is 7.11 Å². The first-order valence-corrected chi connectivity index (χ1v) is 6.79. The van der Waals surface area contributed by atoms with Crippen molar-refractivity contribution in [3.8, 4) is 5.75 Å². The van der Waals surface area contributed by atoms with Crippen LogP contribution in [0.15, 0.2) is 48.5 Å². The summed E-state index contributed by atoms with van der Waals surface area (Å²) >= 11 is 6.23. The third kappa shape index (κ3) is 3.70. The van der Waals surface area contributed by atoms with Crippen molar-refractivity contribution in [1.82, 2.24) is 0 Å². The van der Waals surface area contributed by atoms with E-state index in [1.165, 1.54) is 19.2 Å². The molecular formula is C16H14ClF3O. The second-order valence-electron chi connectivity index (χ2n) is 4.57. The maximum Gasteiger partial charge on any atom is 0.416 e. The van der Waals surface area contributed by atoms with Crippen LogP contribution in [-0.2, 0) is 12.6 Å². The third-order valence-electron chi connectivity index (χ3n) is 3.20. The summed E-state index contributed by atoms with van der Waals surface area (Å²) < 4.78 is 44.2. The second kappa shape index (κ2) is 6.39. The Kier molecular flexibility index (Phi) is 4.78. The molecule has 0 fully saturated rings. The number of halogens is 4. The van der Waals surface area contributed by atoms with Crippen molar-refractivity contribution in [3.63, 3.8) is 0 Å². The van der Waals surface area contributed by atoms with Gasteiger partial charge in [0.1, 0.15) is 5.75 Å². The van der Waals surface area contributed by atoms with Gasteiger partial charge in [0.15, 0.2) is 0 Å². The SMILES string of the molecule is COc1ccccc1CC(Cl)c1ccccc1C(F)(F)F. The zero-order valence-corrected chi connectivity index (χ0v) is 12.1. The van der Waals surface area contributed by atoms with Crippen molar-refractivity contribution in [1.29, 1.82) is 0 Å². The van der Waals surface area contributed by atoms with Crippen molar-refractivity contribution in [3.05, 3.63) is 65.2 Å². The Morgan fingerprint density at radius 2 is 1.67 bits per heavy atom. The molecule has 0 spiro atoms. The van der Waals surface area contributed by atoms with Gasteiger partial charge in [-0.2, -0.15) is 13.2 Å². The van der Waals surface area contributed by atoms with Gasteiger partial charge < -0.3 is 4.74 Å². The molecule has 2 aromatic carbocycles. The van der Waals surface area contributed by atoms with E-state index in [4.69, 9.17) is 16.3 Å². The Labute approximate surface area is 126 Å². The molecular weight excluding hydrogens is 301 g/mol. The first kappa shape index (κ1) is 15.7. The van der Waals surface area contributed by atoms with E-state index in [-0.39, 0.29) is 12.0 Å². The fourth-order valence-electron chi connectivity index (χ4n) is 2.20. The third-order valence-corrected chi connectivity index (χ3v) is 3.58. The van der Waals surface area contributed by atoms with Gasteiger partial charge in [-0.25, -0.2) is 0 Å². The predicted octanol–water partition coefficient (Wildman–Crippen LogP) is 5.24. The van der Waals surface area contributed by atoms with E-state index in [1.54, 1.807) is 30.3 Å². The molecule has 0 aromatic heterocycles. The molecule has 0 saturated heterocycles. The summed E-state index contributed by atoms with van der Waals surface area (Å²) in [6, 6.07) is 12.5. The summed E-state index contributed by atoms with van der Waals surface area (Å²) in [7, 11) is 1.52. The van der Waals surface area contributed by atoms with E-state index >= 15 is 0 Å². The zero-order valence-electron chi connectivity index (χ0n) is 11.3. The summed E-state index contributed by atoms with van der Waals surface area (Å²) in [5.41, 5.74) is 0.162. The molecule has 0 heterocycles. The van der Waals surface area contributed by atoms with E-state index in [0.29, 0.717) is 5.75 Å². The number of alkyl halides is 4. The smallest absolute Gasteiger partial charge is 0.416 e. The summed E-state index contributed by atoms with van der Waals surface area (Å²) in [5, 5.41) is -0.779. The first-order chi connectivity index (χ1) is 9.93. The Hall–Kier alpha value is -1.68. The Morgan fingerprint density at radius 1 is 1.05 bits per heavy atom. The zero-order chi connectivity index (χ0) is 15.5. The fourth-order valence-corrected chi connectivity index (χ4v) is 2.56. The lowest BCUT2D eigenvalue weighted by Crippen LogP contribution is -2.11. The van der Waals surface area contributed by atoms with Gasteiger partial charge in [-0.05, 0) is 29.7 Å². The molecule has 112 valence electrons. The van der Waals surface area contributed by atoms with E-state index in [2.05, 4.69) is 0 Å². The minimum atomic E-state index is -4.41. The maximum absolute atomic E-state index is 13.0. The van der Waals surface area contributed by atoms with Gasteiger partial charge in [-0.15, -0.1) is 11.6 Å². The van der Waals surface area contributed by atoms with Crippen LogP contribution in [0.1, 0.15) is 22.1 Å². The topological polar surface area (TPSA) is 9.23 Å². The van der Waals surface area contributed by atoms with Gasteiger partial charge in [0.05, 0.1) is 18.1 Å². The maximum atomic E-state index is 13.0. The molecule has 0 amide bonds. The number of hydrogen-bond donors (Lipinski definition) is 0. The van der Waals surface area contributed by atoms with E-state index < -0.39 is 17.1 Å². The Morgan fingerprint density at radius 3 is 2.33 bits per heavy atom. The highest BCUT2D eigenvalue weighted by molar-refractivity contribution is 6.21. The summed E-state index contributed by atoms with van der Waals surface area (Å²) in [4.78, 5) is 0. The van der Waals surface area contributed by atoms with Gasteiger partial charge in [-0.3, -0.25) is 0 Å². The molecule has 0 aliphatic rings. The number of para-hydroxylation sites is 1. The quantitative estimate of drug-likeness (QED) is 0.702. The van der Waals surface area contributed by atoms with Crippen LogP contribution in [0.25, 0.3) is 0 Å². The molecule has 0 bridgehead atoms. The lowest BCUT2D eigenvalue weighted by Gasteiger charge is -2.18. The largest absolute Gasteiger partial charge is 0.496 e. The molecule has 1 unspecified atom stereocenters. The van der Waals surface area contributed by atoms with Crippen molar-refractivity contribution in [2.24, 2.45) is 0 Å². The second-order valence-corrected chi connectivity index (χ2v) is 5.10. The summed E-state index contributed by atoms with van der Waals surface area (Å²) in [6.45, 7) is 0. The number of benzene rings is 2. The van der Waals surface area contributed by atoms with Crippen LogP contribution < -0.4 is 4.74 Å². The highest BCUT2D eigenvalue weighted by Gasteiger charge is 2.34. The standard InChI is InChI=1S/C16H14ClF3O/c1-21-15-9-5-2-6-11(15)10-14(17)12-7-3-4-8-13(12)16(18,19)20/h2-9,14H,10H2,1H3. The van der Waals surface area contributed by atoms with Crippen molar-refractivity contribution in [2.45, 2.75) is 18.0 Å². The number of rotatable bonds is 4. The first-order valence-electron chi connectivity index (χ1n) is 6.35. The molecule has 21 heavy (non-hydrogen) atoms. The summed E-state index contributed by atoms with van der Waals surface area (Å²) in [5.74, 6) is 0.618. The summed E-state index contributed by atoms with van der Waals surface area (Å²) in [6.07, 6.45) is -4.15. The monoisotopic (exact) mass is 314 g/mol. The van der Waals surface area contributed by atoms with Gasteiger partial charge >= 0.3 is 6.18 Å². The minimum Gasteiger partial charge on any atom is -0.496 e. The molecule has 0 aliphatic carbocycles. The lowest BCUT2D eigenvalue weighted by atomic mass is 9.98. The van der Waals surface area contributed by atoms with Crippen LogP contribution in [0.4, 0.5) is 13.2 Å². The number of methoxy groups -OCH3 is 1. The molecule has 2 aromatic rings. The van der Waals surface area contributed by atoms with Crippen molar-refractivity contribution >= 4 is 11.6 Å². The van der Waals surface area contributed by atoms with E-state index in [9.17, 15) is 13.2 Å². The Balaban J connectivity index is 2.31. The normalized spacial score (nSPS) is 13.0. The van der Waals surface area contributed by atoms with Gasteiger partial charge in [0.2, 0.25) is 0 Å². The molecule has 0 saturated carbocycles. The van der Waals surface area contributed by atoms with Gasteiger partial charge in [0.25, 0.3) is 0 Å². The van der Waals surface area contributed by atoms with Crippen molar-refractivity contribution < 1.29 is 17.9 Å². The van der Waals surface area contributed by atoms with Crippen LogP contribution >= 0.6 is 11.6 Å². The molecule has 5 heteroatoms. The van der Waals surface area contributed by atoms with E-state index in [0.717, 1.165) is 11.6 Å². The highest BCUT2D eigenvalue weighted by Crippen LogP contribution is 2.38. The average Bonchev–Trinajstić information content (AvgIpc) is 2.47.